The van der Waals surface area contributed by atoms with Gasteiger partial charge in [-0.3, -0.25) is 0 Å². The summed E-state index contributed by atoms with van der Waals surface area (Å²) in [5, 5.41) is 8.73. The van der Waals surface area contributed by atoms with E-state index in [1.165, 1.54) is 6.07 Å². The van der Waals surface area contributed by atoms with Crippen molar-refractivity contribution < 1.29 is 4.39 Å². The summed E-state index contributed by atoms with van der Waals surface area (Å²) in [6, 6.07) is 6.71. The number of nitrogens with zero attached hydrogens (tertiary/aromatic N) is 2. The van der Waals surface area contributed by atoms with Crippen molar-refractivity contribution in [3.8, 4) is 6.07 Å². The summed E-state index contributed by atoms with van der Waals surface area (Å²) in [6.45, 7) is 5.70. The molecule has 1 aliphatic heterocycles. The van der Waals surface area contributed by atoms with Crippen LogP contribution in [0.5, 0.6) is 0 Å². The Morgan fingerprint density at radius 2 is 2.22 bits per heavy atom. The molecule has 2 rings (SSSR count). The fraction of sp³-hybridized carbons (Fsp3) is 0.500. The molecule has 1 aliphatic rings. The highest BCUT2D eigenvalue weighted by atomic mass is 19.1. The minimum Gasteiger partial charge on any atom is -0.369 e. The number of nitrogens with two attached hydrogens (primary N) is 1. The molecule has 1 atom stereocenters. The summed E-state index contributed by atoms with van der Waals surface area (Å²) in [6.07, 6.45) is 0.854. The Hall–Kier alpha value is -1.60. The molecule has 1 aromatic rings. The quantitative estimate of drug-likeness (QED) is 0.828. The molecule has 3 nitrogen and oxygen atoms in total. The highest BCUT2D eigenvalue weighted by molar-refractivity contribution is 5.51. The van der Waals surface area contributed by atoms with Crippen LogP contribution in [0.2, 0.25) is 0 Å². The van der Waals surface area contributed by atoms with E-state index in [1.807, 2.05) is 11.0 Å². The topological polar surface area (TPSA) is 53.0 Å². The molecule has 1 fully saturated rings. The number of hydrogen-bond donors (Lipinski definition) is 1. The Balaban J connectivity index is 2.26. The molecule has 1 aromatic carbocycles. The Labute approximate surface area is 107 Å². The van der Waals surface area contributed by atoms with Crippen LogP contribution in [0.15, 0.2) is 18.2 Å². The van der Waals surface area contributed by atoms with E-state index in [0.29, 0.717) is 11.3 Å². The SMILES string of the molecule is CC1(C)CN(c2ccc(C#N)cc2F)CCC1N. The van der Waals surface area contributed by atoms with Crippen molar-refractivity contribution in [2.75, 3.05) is 18.0 Å². The van der Waals surface area contributed by atoms with E-state index in [0.717, 1.165) is 19.5 Å². The van der Waals surface area contributed by atoms with Gasteiger partial charge in [-0.25, -0.2) is 4.39 Å². The van der Waals surface area contributed by atoms with Crippen molar-refractivity contribution in [3.63, 3.8) is 0 Å². The highest BCUT2D eigenvalue weighted by Gasteiger charge is 2.34. The standard InChI is InChI=1S/C14H18FN3/c1-14(2)9-18(6-5-13(14)17)12-4-3-10(8-16)7-11(12)15/h3-4,7,13H,5-6,9,17H2,1-2H3. The third kappa shape index (κ3) is 2.32. The normalized spacial score (nSPS) is 22.6. The van der Waals surface area contributed by atoms with E-state index < -0.39 is 0 Å². The molecule has 0 saturated carbocycles. The lowest BCUT2D eigenvalue weighted by atomic mass is 9.79. The monoisotopic (exact) mass is 247 g/mol. The van der Waals surface area contributed by atoms with Gasteiger partial charge in [-0.15, -0.1) is 0 Å². The Bertz CT molecular complexity index is 490. The summed E-state index contributed by atoms with van der Waals surface area (Å²) in [4.78, 5) is 2.01. The van der Waals surface area contributed by atoms with Crippen molar-refractivity contribution in [2.45, 2.75) is 26.3 Å². The first-order valence-electron chi connectivity index (χ1n) is 6.14. The highest BCUT2D eigenvalue weighted by Crippen LogP contribution is 2.32. The van der Waals surface area contributed by atoms with Gasteiger partial charge >= 0.3 is 0 Å². The third-order valence-electron chi connectivity index (χ3n) is 3.73. The Morgan fingerprint density at radius 1 is 1.50 bits per heavy atom. The Kier molecular flexibility index (Phi) is 3.27. The summed E-state index contributed by atoms with van der Waals surface area (Å²) >= 11 is 0. The van der Waals surface area contributed by atoms with E-state index in [-0.39, 0.29) is 17.3 Å². The van der Waals surface area contributed by atoms with Crippen molar-refractivity contribution in [1.29, 1.82) is 5.26 Å². The van der Waals surface area contributed by atoms with E-state index >= 15 is 0 Å². The molecule has 2 N–H and O–H groups in total. The molecular formula is C14H18FN3. The fourth-order valence-corrected chi connectivity index (χ4v) is 2.41. The molecule has 0 spiro atoms. The van der Waals surface area contributed by atoms with Crippen LogP contribution in [-0.2, 0) is 0 Å². The molecule has 4 heteroatoms. The smallest absolute Gasteiger partial charge is 0.147 e. The average molecular weight is 247 g/mol. The van der Waals surface area contributed by atoms with Gasteiger partial charge in [-0.1, -0.05) is 13.8 Å². The van der Waals surface area contributed by atoms with Crippen LogP contribution in [0.25, 0.3) is 0 Å². The van der Waals surface area contributed by atoms with Gasteiger partial charge in [-0.2, -0.15) is 5.26 Å². The zero-order chi connectivity index (χ0) is 13.3. The molecule has 96 valence electrons. The van der Waals surface area contributed by atoms with Crippen LogP contribution < -0.4 is 10.6 Å². The number of anilines is 1. The van der Waals surface area contributed by atoms with Gasteiger partial charge in [0.05, 0.1) is 17.3 Å². The van der Waals surface area contributed by atoms with Crippen LogP contribution in [-0.4, -0.2) is 19.1 Å². The van der Waals surface area contributed by atoms with Gasteiger partial charge in [0.15, 0.2) is 0 Å². The number of piperidine rings is 1. The molecule has 0 radical (unpaired) electrons. The second kappa shape index (κ2) is 4.58. The molecule has 0 amide bonds. The number of hydrogen-bond acceptors (Lipinski definition) is 3. The van der Waals surface area contributed by atoms with Crippen LogP contribution in [0, 0.1) is 22.6 Å². The predicted molar refractivity (Wildman–Crippen MR) is 69.7 cm³/mol. The average Bonchev–Trinajstić information content (AvgIpc) is 2.32. The number of halogens is 1. The molecule has 0 aromatic heterocycles. The summed E-state index contributed by atoms with van der Waals surface area (Å²) < 4.78 is 13.9. The van der Waals surface area contributed by atoms with E-state index in [2.05, 4.69) is 13.8 Å². The number of nitriles is 1. The van der Waals surface area contributed by atoms with E-state index in [9.17, 15) is 4.39 Å². The van der Waals surface area contributed by atoms with Crippen LogP contribution in [0.1, 0.15) is 25.8 Å². The molecule has 0 bridgehead atoms. The molecule has 18 heavy (non-hydrogen) atoms. The second-order valence-electron chi connectivity index (χ2n) is 5.58. The predicted octanol–water partition coefficient (Wildman–Crippen LogP) is 2.26. The van der Waals surface area contributed by atoms with Crippen molar-refractivity contribution in [1.82, 2.24) is 0 Å². The van der Waals surface area contributed by atoms with Crippen LogP contribution in [0.4, 0.5) is 10.1 Å². The maximum Gasteiger partial charge on any atom is 0.147 e. The van der Waals surface area contributed by atoms with Crippen LogP contribution >= 0.6 is 0 Å². The molecule has 1 saturated heterocycles. The summed E-state index contributed by atoms with van der Waals surface area (Å²) in [5.74, 6) is -0.333. The minimum atomic E-state index is -0.333. The van der Waals surface area contributed by atoms with Crippen molar-refractivity contribution >= 4 is 5.69 Å². The van der Waals surface area contributed by atoms with Gasteiger partial charge in [0.1, 0.15) is 5.82 Å². The molecule has 0 aliphatic carbocycles. The second-order valence-corrected chi connectivity index (χ2v) is 5.58. The first-order chi connectivity index (χ1) is 8.44. The zero-order valence-corrected chi connectivity index (χ0v) is 10.8. The van der Waals surface area contributed by atoms with Crippen LogP contribution in [0.3, 0.4) is 0 Å². The lowest BCUT2D eigenvalue weighted by Crippen LogP contribution is -2.52. The number of rotatable bonds is 1. The maximum absolute atomic E-state index is 13.9. The fourth-order valence-electron chi connectivity index (χ4n) is 2.41. The van der Waals surface area contributed by atoms with Gasteiger partial charge in [-0.05, 0) is 30.0 Å². The first-order valence-corrected chi connectivity index (χ1v) is 6.14. The van der Waals surface area contributed by atoms with Gasteiger partial charge in [0.2, 0.25) is 0 Å². The third-order valence-corrected chi connectivity index (χ3v) is 3.73. The summed E-state index contributed by atoms with van der Waals surface area (Å²) in [5.41, 5.74) is 6.96. The van der Waals surface area contributed by atoms with Crippen molar-refractivity contribution in [3.05, 3.63) is 29.6 Å². The summed E-state index contributed by atoms with van der Waals surface area (Å²) in [7, 11) is 0. The van der Waals surface area contributed by atoms with Gasteiger partial charge in [0, 0.05) is 19.1 Å². The number of benzene rings is 1. The zero-order valence-electron chi connectivity index (χ0n) is 10.8. The van der Waals surface area contributed by atoms with E-state index in [1.54, 1.807) is 12.1 Å². The lowest BCUT2D eigenvalue weighted by molar-refractivity contribution is 0.244. The van der Waals surface area contributed by atoms with Gasteiger partial charge < -0.3 is 10.6 Å². The largest absolute Gasteiger partial charge is 0.369 e. The van der Waals surface area contributed by atoms with E-state index in [4.69, 9.17) is 11.0 Å². The Morgan fingerprint density at radius 3 is 2.78 bits per heavy atom. The lowest BCUT2D eigenvalue weighted by Gasteiger charge is -2.43. The molecule has 1 heterocycles. The maximum atomic E-state index is 13.9. The minimum absolute atomic E-state index is 0.0292. The van der Waals surface area contributed by atoms with Gasteiger partial charge in [0.25, 0.3) is 0 Å². The van der Waals surface area contributed by atoms with Crippen molar-refractivity contribution in [2.24, 2.45) is 11.1 Å². The first kappa shape index (κ1) is 12.8. The molecular weight excluding hydrogens is 229 g/mol. The molecule has 1 unspecified atom stereocenters.